The van der Waals surface area contributed by atoms with Crippen molar-refractivity contribution >= 4 is 11.7 Å². The zero-order valence-corrected chi connectivity index (χ0v) is 11.6. The summed E-state index contributed by atoms with van der Waals surface area (Å²) in [5.41, 5.74) is -0.451. The van der Waals surface area contributed by atoms with Gasteiger partial charge in [0.2, 0.25) is 0 Å². The van der Waals surface area contributed by atoms with E-state index in [-0.39, 0.29) is 6.04 Å². The number of nitrogens with zero attached hydrogens (tertiary/aromatic N) is 4. The quantitative estimate of drug-likeness (QED) is 0.880. The second-order valence-corrected chi connectivity index (χ2v) is 5.04. The minimum Gasteiger partial charge on any atom is -0.335 e. The molecule has 3 rings (SSSR count). The van der Waals surface area contributed by atoms with E-state index in [0.29, 0.717) is 25.8 Å². The van der Waals surface area contributed by atoms with Crippen molar-refractivity contribution in [1.82, 2.24) is 25.5 Å². The van der Waals surface area contributed by atoms with Gasteiger partial charge in [0.15, 0.2) is 5.82 Å². The van der Waals surface area contributed by atoms with Crippen LogP contribution in [-0.2, 0) is 13.0 Å². The van der Waals surface area contributed by atoms with Crippen LogP contribution < -0.4 is 10.6 Å². The molecule has 2 N–H and O–H groups in total. The van der Waals surface area contributed by atoms with Gasteiger partial charge in [0, 0.05) is 19.0 Å². The smallest absolute Gasteiger partial charge is 0.319 e. The fraction of sp³-hybridized carbons (Fsp3) is 0.385. The zero-order valence-electron chi connectivity index (χ0n) is 11.6. The molecule has 1 aliphatic rings. The second kappa shape index (κ2) is 6.04. The number of tetrazole rings is 1. The Morgan fingerprint density at radius 3 is 2.82 bits per heavy atom. The van der Waals surface area contributed by atoms with E-state index in [4.69, 9.17) is 0 Å². The summed E-state index contributed by atoms with van der Waals surface area (Å²) < 4.78 is 28.7. The number of fused-ring (bicyclic) bond motifs is 1. The van der Waals surface area contributed by atoms with Gasteiger partial charge >= 0.3 is 6.03 Å². The van der Waals surface area contributed by atoms with Gasteiger partial charge in [0.25, 0.3) is 0 Å². The van der Waals surface area contributed by atoms with Gasteiger partial charge in [-0.15, -0.1) is 5.10 Å². The maximum Gasteiger partial charge on any atom is 0.319 e. The molecule has 0 saturated carbocycles. The van der Waals surface area contributed by atoms with Gasteiger partial charge in [-0.3, -0.25) is 0 Å². The fourth-order valence-electron chi connectivity index (χ4n) is 2.40. The molecule has 0 bridgehead atoms. The number of nitrogens with one attached hydrogen (secondary N) is 2. The van der Waals surface area contributed by atoms with Crippen LogP contribution in [0.15, 0.2) is 18.2 Å². The number of hydrogen-bond acceptors (Lipinski definition) is 4. The first-order valence-electron chi connectivity index (χ1n) is 6.90. The van der Waals surface area contributed by atoms with Crippen LogP contribution in [0.3, 0.4) is 0 Å². The monoisotopic (exact) mass is 308 g/mol. The molecule has 1 unspecified atom stereocenters. The van der Waals surface area contributed by atoms with Crippen molar-refractivity contribution in [2.45, 2.75) is 31.8 Å². The maximum atomic E-state index is 13.5. The molecule has 1 aliphatic heterocycles. The fourth-order valence-corrected chi connectivity index (χ4v) is 2.40. The Kier molecular flexibility index (Phi) is 3.94. The summed E-state index contributed by atoms with van der Waals surface area (Å²) in [6.07, 6.45) is 1.94. The van der Waals surface area contributed by atoms with Crippen molar-refractivity contribution < 1.29 is 13.6 Å². The number of halogens is 2. The van der Waals surface area contributed by atoms with Crippen molar-refractivity contribution in [3.63, 3.8) is 0 Å². The Balaban J connectivity index is 1.59. The van der Waals surface area contributed by atoms with Gasteiger partial charge in [-0.2, -0.15) is 0 Å². The zero-order chi connectivity index (χ0) is 15.5. The molecule has 0 radical (unpaired) electrons. The van der Waals surface area contributed by atoms with Crippen molar-refractivity contribution in [2.24, 2.45) is 0 Å². The van der Waals surface area contributed by atoms with Gasteiger partial charge < -0.3 is 10.6 Å². The van der Waals surface area contributed by atoms with E-state index in [1.807, 2.05) is 0 Å². The summed E-state index contributed by atoms with van der Waals surface area (Å²) in [4.78, 5) is 11.9. The second-order valence-electron chi connectivity index (χ2n) is 5.04. The molecule has 1 aromatic carbocycles. The van der Waals surface area contributed by atoms with E-state index in [1.54, 1.807) is 4.68 Å². The van der Waals surface area contributed by atoms with Crippen LogP contribution in [0.25, 0.3) is 0 Å². The molecule has 0 saturated heterocycles. The number of para-hydroxylation sites is 1. The standard InChI is InChI=1S/C13H14F2N6O/c14-9-2-1-3-10(15)12(9)17-13(22)16-8-4-5-11-18-19-20-21(11)7-6-8/h1-3,8H,4-7H2,(H2,16,17,22). The van der Waals surface area contributed by atoms with E-state index >= 15 is 0 Å². The highest BCUT2D eigenvalue weighted by atomic mass is 19.1. The first kappa shape index (κ1) is 14.4. The van der Waals surface area contributed by atoms with Gasteiger partial charge in [0.1, 0.15) is 17.3 Å². The molecule has 2 amide bonds. The summed E-state index contributed by atoms with van der Waals surface area (Å²) in [5, 5.41) is 16.3. The lowest BCUT2D eigenvalue weighted by atomic mass is 10.1. The summed E-state index contributed by atoms with van der Waals surface area (Å²) in [7, 11) is 0. The van der Waals surface area contributed by atoms with Gasteiger partial charge in [0.05, 0.1) is 0 Å². The average molecular weight is 308 g/mol. The van der Waals surface area contributed by atoms with Gasteiger partial charge in [-0.05, 0) is 35.4 Å². The molecule has 1 aromatic heterocycles. The highest BCUT2D eigenvalue weighted by Gasteiger charge is 2.20. The molecule has 2 heterocycles. The predicted molar refractivity (Wildman–Crippen MR) is 73.1 cm³/mol. The van der Waals surface area contributed by atoms with Crippen LogP contribution in [0, 0.1) is 11.6 Å². The Morgan fingerprint density at radius 2 is 2.05 bits per heavy atom. The summed E-state index contributed by atoms with van der Waals surface area (Å²) in [5.74, 6) is -0.859. The van der Waals surface area contributed by atoms with Crippen molar-refractivity contribution in [1.29, 1.82) is 0 Å². The van der Waals surface area contributed by atoms with Crippen LogP contribution in [0.2, 0.25) is 0 Å². The number of aryl methyl sites for hydroxylation is 2. The molecule has 0 spiro atoms. The minimum absolute atomic E-state index is 0.127. The number of hydrogen-bond donors (Lipinski definition) is 2. The minimum atomic E-state index is -0.813. The number of rotatable bonds is 2. The normalized spacial score (nSPS) is 17.5. The predicted octanol–water partition coefficient (Wildman–Crippen LogP) is 1.48. The molecule has 0 fully saturated rings. The highest BCUT2D eigenvalue weighted by molar-refractivity contribution is 5.89. The van der Waals surface area contributed by atoms with Crippen LogP contribution in [0.5, 0.6) is 0 Å². The first-order chi connectivity index (χ1) is 10.6. The average Bonchev–Trinajstić information content (AvgIpc) is 2.86. The molecular weight excluding hydrogens is 294 g/mol. The largest absolute Gasteiger partial charge is 0.335 e. The molecule has 0 aliphatic carbocycles. The third-order valence-corrected chi connectivity index (χ3v) is 3.55. The third-order valence-electron chi connectivity index (χ3n) is 3.55. The Hall–Kier alpha value is -2.58. The highest BCUT2D eigenvalue weighted by Crippen LogP contribution is 2.18. The number of carbonyl (C=O) groups excluding carboxylic acids is 1. The molecule has 1 atom stereocenters. The van der Waals surface area contributed by atoms with Crippen molar-refractivity contribution in [3.8, 4) is 0 Å². The molecule has 7 nitrogen and oxygen atoms in total. The van der Waals surface area contributed by atoms with Crippen molar-refractivity contribution in [3.05, 3.63) is 35.7 Å². The van der Waals surface area contributed by atoms with E-state index in [1.165, 1.54) is 6.07 Å². The number of aromatic nitrogens is 4. The van der Waals surface area contributed by atoms with Crippen molar-refractivity contribution in [2.75, 3.05) is 5.32 Å². The van der Waals surface area contributed by atoms with Crippen LogP contribution >= 0.6 is 0 Å². The SMILES string of the molecule is O=C(Nc1c(F)cccc1F)NC1CCc2nnnn2CC1. The topological polar surface area (TPSA) is 84.7 Å². The molecule has 22 heavy (non-hydrogen) atoms. The van der Waals surface area contributed by atoms with E-state index in [0.717, 1.165) is 18.0 Å². The number of amides is 2. The lowest BCUT2D eigenvalue weighted by molar-refractivity contribution is 0.246. The Labute approximate surface area is 124 Å². The van der Waals surface area contributed by atoms with Crippen LogP contribution in [-0.4, -0.2) is 32.3 Å². The number of urea groups is 1. The number of anilines is 1. The summed E-state index contributed by atoms with van der Waals surface area (Å²) in [6.45, 7) is 0.585. The van der Waals surface area contributed by atoms with Crippen LogP contribution in [0.1, 0.15) is 18.7 Å². The lowest BCUT2D eigenvalue weighted by Crippen LogP contribution is -2.38. The first-order valence-corrected chi connectivity index (χ1v) is 6.90. The summed E-state index contributed by atoms with van der Waals surface area (Å²) in [6, 6.07) is 2.64. The van der Waals surface area contributed by atoms with Crippen LogP contribution in [0.4, 0.5) is 19.3 Å². The van der Waals surface area contributed by atoms with Gasteiger partial charge in [-0.1, -0.05) is 6.07 Å². The number of carbonyl (C=O) groups is 1. The molecular formula is C13H14F2N6O. The molecule has 116 valence electrons. The van der Waals surface area contributed by atoms with Gasteiger partial charge in [-0.25, -0.2) is 18.3 Å². The maximum absolute atomic E-state index is 13.5. The Morgan fingerprint density at radius 1 is 1.27 bits per heavy atom. The van der Waals surface area contributed by atoms with E-state index in [2.05, 4.69) is 26.2 Å². The van der Waals surface area contributed by atoms with E-state index in [9.17, 15) is 13.6 Å². The van der Waals surface area contributed by atoms with E-state index < -0.39 is 23.4 Å². The lowest BCUT2D eigenvalue weighted by Gasteiger charge is -2.16. The molecule has 9 heteroatoms. The summed E-state index contributed by atoms with van der Waals surface area (Å²) >= 11 is 0. The molecule has 2 aromatic rings. The number of benzene rings is 1. The Bertz CT molecular complexity index is 646. The third kappa shape index (κ3) is 3.02.